The summed E-state index contributed by atoms with van der Waals surface area (Å²) in [5, 5.41) is 2.47. The Balaban J connectivity index is 2.17. The number of aromatic nitrogens is 1. The summed E-state index contributed by atoms with van der Waals surface area (Å²) in [7, 11) is 0. The zero-order valence-electron chi connectivity index (χ0n) is 8.01. The Bertz CT molecular complexity index is 527. The molecule has 1 aromatic carbocycles. The van der Waals surface area contributed by atoms with Gasteiger partial charge in [0.15, 0.2) is 0 Å². The molecule has 0 unspecified atom stereocenters. The number of carbonyl (C=O) groups is 1. The average molecular weight is 255 g/mol. The first-order valence-corrected chi connectivity index (χ1v) is 5.59. The van der Waals surface area contributed by atoms with E-state index in [1.165, 1.54) is 11.3 Å². The Hall–Kier alpha value is -1.59. The van der Waals surface area contributed by atoms with Crippen LogP contribution in [0.1, 0.15) is 10.5 Å². The summed E-state index contributed by atoms with van der Waals surface area (Å²) in [5.74, 6) is -0.00457. The highest BCUT2D eigenvalue weighted by atomic mass is 35.5. The minimum absolute atomic E-state index is 0.196. The molecule has 0 spiro atoms. The van der Waals surface area contributed by atoms with Crippen molar-refractivity contribution in [3.8, 4) is 10.9 Å². The lowest BCUT2D eigenvalue weighted by Crippen LogP contribution is -2.10. The summed E-state index contributed by atoms with van der Waals surface area (Å²) in [6.45, 7) is 0. The molecule has 0 saturated carbocycles. The summed E-state index contributed by atoms with van der Waals surface area (Å²) < 4.78 is 5.41. The van der Waals surface area contributed by atoms with Gasteiger partial charge in [0, 0.05) is 10.4 Å². The van der Waals surface area contributed by atoms with Gasteiger partial charge in [-0.05, 0) is 18.2 Å². The van der Waals surface area contributed by atoms with Crippen LogP contribution in [0, 0.1) is 0 Å². The molecule has 0 aliphatic carbocycles. The quantitative estimate of drug-likeness (QED) is 0.916. The van der Waals surface area contributed by atoms with Crippen molar-refractivity contribution in [2.75, 3.05) is 0 Å². The number of thiazole rings is 1. The van der Waals surface area contributed by atoms with E-state index < -0.39 is 5.91 Å². The lowest BCUT2D eigenvalue weighted by atomic mass is 10.3. The van der Waals surface area contributed by atoms with Crippen molar-refractivity contribution in [1.82, 2.24) is 4.98 Å². The molecule has 6 heteroatoms. The van der Waals surface area contributed by atoms with Crippen molar-refractivity contribution >= 4 is 28.8 Å². The van der Waals surface area contributed by atoms with Crippen molar-refractivity contribution < 1.29 is 9.53 Å². The normalized spacial score (nSPS) is 10.1. The second-order valence-electron chi connectivity index (χ2n) is 2.92. The van der Waals surface area contributed by atoms with Crippen LogP contribution in [-0.4, -0.2) is 10.9 Å². The van der Waals surface area contributed by atoms with E-state index >= 15 is 0 Å². The van der Waals surface area contributed by atoms with Crippen molar-refractivity contribution in [3.05, 3.63) is 40.4 Å². The average Bonchev–Trinajstić information content (AvgIpc) is 2.66. The van der Waals surface area contributed by atoms with Crippen LogP contribution >= 0.6 is 22.9 Å². The van der Waals surface area contributed by atoms with Crippen LogP contribution < -0.4 is 10.5 Å². The Morgan fingerprint density at radius 1 is 1.50 bits per heavy atom. The molecular weight excluding hydrogens is 248 g/mol. The van der Waals surface area contributed by atoms with Crippen LogP contribution in [0.3, 0.4) is 0 Å². The highest BCUT2D eigenvalue weighted by Gasteiger charge is 2.08. The van der Waals surface area contributed by atoms with Gasteiger partial charge >= 0.3 is 0 Å². The lowest BCUT2D eigenvalue weighted by molar-refractivity contribution is 0.0995. The van der Waals surface area contributed by atoms with Crippen LogP contribution in [0.2, 0.25) is 5.02 Å². The third-order valence-electron chi connectivity index (χ3n) is 1.74. The van der Waals surface area contributed by atoms with Crippen molar-refractivity contribution in [2.45, 2.75) is 0 Å². The maximum absolute atomic E-state index is 10.8. The van der Waals surface area contributed by atoms with Crippen LogP contribution in [0.25, 0.3) is 0 Å². The topological polar surface area (TPSA) is 65.2 Å². The zero-order chi connectivity index (χ0) is 11.5. The first-order valence-electron chi connectivity index (χ1n) is 4.34. The van der Waals surface area contributed by atoms with Gasteiger partial charge in [0.05, 0.1) is 0 Å². The zero-order valence-corrected chi connectivity index (χ0v) is 9.59. The van der Waals surface area contributed by atoms with E-state index in [1.54, 1.807) is 29.6 Å². The first-order chi connectivity index (χ1) is 7.65. The summed E-state index contributed by atoms with van der Waals surface area (Å²) in [4.78, 5) is 14.7. The van der Waals surface area contributed by atoms with Crippen LogP contribution in [0.5, 0.6) is 10.9 Å². The van der Waals surface area contributed by atoms with Gasteiger partial charge in [0.1, 0.15) is 11.4 Å². The van der Waals surface area contributed by atoms with E-state index in [1.807, 2.05) is 0 Å². The molecule has 82 valence electrons. The number of halogens is 1. The lowest BCUT2D eigenvalue weighted by Gasteiger charge is -2.00. The highest BCUT2D eigenvalue weighted by Crippen LogP contribution is 2.26. The molecule has 2 N–H and O–H groups in total. The number of amides is 1. The minimum Gasteiger partial charge on any atom is -0.431 e. The summed E-state index contributed by atoms with van der Waals surface area (Å²) >= 11 is 7.00. The molecule has 1 heterocycles. The van der Waals surface area contributed by atoms with E-state index in [9.17, 15) is 4.79 Å². The smallest absolute Gasteiger partial charge is 0.279 e. The molecule has 0 fully saturated rings. The number of primary amides is 1. The number of nitrogens with two attached hydrogens (primary N) is 1. The standard InChI is InChI=1S/C10H7ClN2O2S/c11-6-2-1-3-7(4-6)15-10-13-8(5-16-10)9(12)14/h1-5H,(H2,12,14). The van der Waals surface area contributed by atoms with E-state index in [0.29, 0.717) is 16.0 Å². The predicted octanol–water partition coefficient (Wildman–Crippen LogP) is 2.69. The Labute approximate surface area is 101 Å². The highest BCUT2D eigenvalue weighted by molar-refractivity contribution is 7.11. The van der Waals surface area contributed by atoms with E-state index in [2.05, 4.69) is 4.98 Å². The summed E-state index contributed by atoms with van der Waals surface area (Å²) in [6.07, 6.45) is 0. The van der Waals surface area contributed by atoms with Crippen LogP contribution in [-0.2, 0) is 0 Å². The number of benzene rings is 1. The van der Waals surface area contributed by atoms with E-state index in [-0.39, 0.29) is 5.69 Å². The summed E-state index contributed by atoms with van der Waals surface area (Å²) in [6, 6.07) is 6.91. The fourth-order valence-electron chi connectivity index (χ4n) is 1.05. The SMILES string of the molecule is NC(=O)c1csc(Oc2cccc(Cl)c2)n1. The molecule has 0 bridgehead atoms. The molecule has 1 aromatic heterocycles. The van der Waals surface area contributed by atoms with Crippen molar-refractivity contribution in [2.24, 2.45) is 5.73 Å². The maximum Gasteiger partial charge on any atom is 0.279 e. The molecule has 16 heavy (non-hydrogen) atoms. The van der Waals surface area contributed by atoms with Gasteiger partial charge in [-0.15, -0.1) is 0 Å². The van der Waals surface area contributed by atoms with Gasteiger partial charge in [-0.25, -0.2) is 0 Å². The van der Waals surface area contributed by atoms with Gasteiger partial charge in [-0.1, -0.05) is 29.0 Å². The first kappa shape index (κ1) is 10.9. The number of nitrogens with zero attached hydrogens (tertiary/aromatic N) is 1. The molecular formula is C10H7ClN2O2S. The van der Waals surface area contributed by atoms with Crippen LogP contribution in [0.15, 0.2) is 29.6 Å². The molecule has 0 atom stereocenters. The molecule has 4 nitrogen and oxygen atoms in total. The molecule has 0 aliphatic rings. The molecule has 0 aliphatic heterocycles. The monoisotopic (exact) mass is 254 g/mol. The van der Waals surface area contributed by atoms with Gasteiger partial charge in [-0.3, -0.25) is 4.79 Å². The Morgan fingerprint density at radius 2 is 2.31 bits per heavy atom. The Kier molecular flexibility index (Phi) is 3.07. The summed E-state index contributed by atoms with van der Waals surface area (Å²) in [5.41, 5.74) is 5.27. The number of hydrogen-bond acceptors (Lipinski definition) is 4. The number of rotatable bonds is 3. The second-order valence-corrected chi connectivity index (χ2v) is 4.18. The third-order valence-corrected chi connectivity index (χ3v) is 2.69. The van der Waals surface area contributed by atoms with E-state index in [0.717, 1.165) is 0 Å². The van der Waals surface area contributed by atoms with Gasteiger partial charge in [0.2, 0.25) is 0 Å². The predicted molar refractivity (Wildman–Crippen MR) is 62.2 cm³/mol. The van der Waals surface area contributed by atoms with Crippen LogP contribution in [0.4, 0.5) is 0 Å². The number of hydrogen-bond donors (Lipinski definition) is 1. The minimum atomic E-state index is -0.572. The maximum atomic E-state index is 10.8. The Morgan fingerprint density at radius 3 is 2.94 bits per heavy atom. The third kappa shape index (κ3) is 2.50. The van der Waals surface area contributed by atoms with Crippen molar-refractivity contribution in [3.63, 3.8) is 0 Å². The fourth-order valence-corrected chi connectivity index (χ4v) is 1.91. The van der Waals surface area contributed by atoms with Gasteiger partial charge in [0.25, 0.3) is 11.1 Å². The largest absolute Gasteiger partial charge is 0.431 e. The molecule has 2 aromatic rings. The second kappa shape index (κ2) is 4.51. The molecule has 1 amide bonds. The van der Waals surface area contributed by atoms with Crippen molar-refractivity contribution in [1.29, 1.82) is 0 Å². The molecule has 2 rings (SSSR count). The van der Waals surface area contributed by atoms with E-state index in [4.69, 9.17) is 22.1 Å². The fraction of sp³-hybridized carbons (Fsp3) is 0. The van der Waals surface area contributed by atoms with Gasteiger partial charge < -0.3 is 10.5 Å². The number of ether oxygens (including phenoxy) is 1. The van der Waals surface area contributed by atoms with Gasteiger partial charge in [-0.2, -0.15) is 4.98 Å². The number of carbonyl (C=O) groups excluding carboxylic acids is 1. The molecule has 0 saturated heterocycles. The molecule has 0 radical (unpaired) electrons.